The molecule has 4 heteroatoms. The van der Waals surface area contributed by atoms with Crippen LogP contribution in [0.3, 0.4) is 0 Å². The van der Waals surface area contributed by atoms with E-state index in [0.717, 1.165) is 22.3 Å². The van der Waals surface area contributed by atoms with Crippen molar-refractivity contribution in [1.82, 2.24) is 9.78 Å². The van der Waals surface area contributed by atoms with Gasteiger partial charge in [-0.3, -0.25) is 4.68 Å². The van der Waals surface area contributed by atoms with E-state index in [1.165, 1.54) is 5.56 Å². The minimum atomic E-state index is 0.0297. The normalized spacial score (nSPS) is 10.7. The fraction of sp³-hybridized carbons (Fsp3) is 0.250. The molecule has 0 radical (unpaired) electrons. The largest absolute Gasteiger partial charge is 0.390 e. The average molecular weight is 281 g/mol. The Labute approximate surface area is 103 Å². The number of aliphatic hydroxyl groups excluding tert-OH is 1. The molecule has 0 aliphatic heterocycles. The average Bonchev–Trinajstić information content (AvgIpc) is 2.58. The van der Waals surface area contributed by atoms with Gasteiger partial charge in [0.2, 0.25) is 0 Å². The van der Waals surface area contributed by atoms with Crippen LogP contribution in [0.25, 0.3) is 0 Å². The molecule has 1 heterocycles. The van der Waals surface area contributed by atoms with Crippen molar-refractivity contribution in [3.8, 4) is 0 Å². The summed E-state index contributed by atoms with van der Waals surface area (Å²) in [5.41, 5.74) is 3.02. The lowest BCUT2D eigenvalue weighted by Crippen LogP contribution is -1.97. The molecule has 0 saturated heterocycles. The third-order valence-electron chi connectivity index (χ3n) is 2.46. The van der Waals surface area contributed by atoms with E-state index in [1.807, 2.05) is 25.2 Å². The van der Waals surface area contributed by atoms with E-state index >= 15 is 0 Å². The molecule has 2 aromatic rings. The molecular formula is C12H13BrN2O. The van der Waals surface area contributed by atoms with Gasteiger partial charge in [-0.05, 0) is 23.8 Å². The summed E-state index contributed by atoms with van der Waals surface area (Å²) >= 11 is 3.44. The van der Waals surface area contributed by atoms with Crippen molar-refractivity contribution in [3.05, 3.63) is 51.8 Å². The van der Waals surface area contributed by atoms with Gasteiger partial charge < -0.3 is 5.11 Å². The van der Waals surface area contributed by atoms with Crippen LogP contribution in [-0.2, 0) is 20.1 Å². The summed E-state index contributed by atoms with van der Waals surface area (Å²) in [6.45, 7) is 0.0297. The number of aromatic nitrogens is 2. The minimum absolute atomic E-state index is 0.0297. The summed E-state index contributed by atoms with van der Waals surface area (Å²) in [6, 6.07) is 10.1. The number of rotatable bonds is 3. The van der Waals surface area contributed by atoms with Gasteiger partial charge in [-0.15, -0.1) is 0 Å². The molecule has 0 spiro atoms. The number of nitrogens with zero attached hydrogens (tertiary/aromatic N) is 2. The van der Waals surface area contributed by atoms with Crippen molar-refractivity contribution in [2.75, 3.05) is 0 Å². The molecule has 0 unspecified atom stereocenters. The summed E-state index contributed by atoms with van der Waals surface area (Å²) in [5.74, 6) is 0. The third kappa shape index (κ3) is 2.51. The fourth-order valence-corrected chi connectivity index (χ4v) is 2.11. The molecule has 16 heavy (non-hydrogen) atoms. The first kappa shape index (κ1) is 11.4. The number of halogens is 1. The van der Waals surface area contributed by atoms with E-state index in [-0.39, 0.29) is 6.61 Å². The first-order valence-corrected chi connectivity index (χ1v) is 5.85. The fourth-order valence-electron chi connectivity index (χ4n) is 1.66. The molecule has 0 aliphatic carbocycles. The lowest BCUT2D eigenvalue weighted by molar-refractivity contribution is 0.270. The van der Waals surface area contributed by atoms with Crippen LogP contribution < -0.4 is 0 Å². The number of hydrogen-bond acceptors (Lipinski definition) is 2. The number of aryl methyl sites for hydroxylation is 1. The highest BCUT2D eigenvalue weighted by Crippen LogP contribution is 2.15. The SMILES string of the molecule is Cn1nc(Cc2cccc(Br)c2)cc1CO. The zero-order valence-corrected chi connectivity index (χ0v) is 10.6. The molecule has 1 aromatic heterocycles. The molecule has 1 aromatic carbocycles. The molecule has 0 aliphatic rings. The van der Waals surface area contributed by atoms with Crippen LogP contribution >= 0.6 is 15.9 Å². The molecule has 1 N–H and O–H groups in total. The summed E-state index contributed by atoms with van der Waals surface area (Å²) in [4.78, 5) is 0. The van der Waals surface area contributed by atoms with Crippen LogP contribution in [0, 0.1) is 0 Å². The Hall–Kier alpha value is -1.13. The summed E-state index contributed by atoms with van der Waals surface area (Å²) in [7, 11) is 1.84. The number of benzene rings is 1. The van der Waals surface area contributed by atoms with Gasteiger partial charge in [-0.2, -0.15) is 5.10 Å². The van der Waals surface area contributed by atoms with Crippen LogP contribution in [0.4, 0.5) is 0 Å². The monoisotopic (exact) mass is 280 g/mol. The van der Waals surface area contributed by atoms with Crippen molar-refractivity contribution < 1.29 is 5.11 Å². The van der Waals surface area contributed by atoms with Crippen molar-refractivity contribution in [2.45, 2.75) is 13.0 Å². The predicted octanol–water partition coefficient (Wildman–Crippen LogP) is 2.27. The maximum absolute atomic E-state index is 9.07. The molecule has 0 atom stereocenters. The van der Waals surface area contributed by atoms with Crippen LogP contribution in [0.1, 0.15) is 17.0 Å². The molecule has 0 bridgehead atoms. The van der Waals surface area contributed by atoms with Gasteiger partial charge in [0.25, 0.3) is 0 Å². The molecule has 0 fully saturated rings. The van der Waals surface area contributed by atoms with Gasteiger partial charge in [-0.1, -0.05) is 28.1 Å². The lowest BCUT2D eigenvalue weighted by atomic mass is 10.1. The maximum Gasteiger partial charge on any atom is 0.0849 e. The molecular weight excluding hydrogens is 268 g/mol. The standard InChI is InChI=1S/C12H13BrN2O/c1-15-12(8-16)7-11(14-15)6-9-3-2-4-10(13)5-9/h2-5,7,16H,6,8H2,1H3. The van der Waals surface area contributed by atoms with Crippen LogP contribution in [0.2, 0.25) is 0 Å². The highest BCUT2D eigenvalue weighted by Gasteiger charge is 2.05. The van der Waals surface area contributed by atoms with E-state index in [4.69, 9.17) is 5.11 Å². The van der Waals surface area contributed by atoms with Gasteiger partial charge >= 0.3 is 0 Å². The highest BCUT2D eigenvalue weighted by molar-refractivity contribution is 9.10. The summed E-state index contributed by atoms with van der Waals surface area (Å²) in [5, 5.41) is 13.4. The second kappa shape index (κ2) is 4.80. The second-order valence-electron chi connectivity index (χ2n) is 3.72. The van der Waals surface area contributed by atoms with Gasteiger partial charge in [0.15, 0.2) is 0 Å². The quantitative estimate of drug-likeness (QED) is 0.937. The lowest BCUT2D eigenvalue weighted by Gasteiger charge is -1.98. The summed E-state index contributed by atoms with van der Waals surface area (Å²) < 4.78 is 2.79. The van der Waals surface area contributed by atoms with Crippen molar-refractivity contribution in [1.29, 1.82) is 0 Å². The van der Waals surface area contributed by atoms with Crippen LogP contribution in [0.15, 0.2) is 34.8 Å². The predicted molar refractivity (Wildman–Crippen MR) is 66.1 cm³/mol. The van der Waals surface area contributed by atoms with E-state index in [1.54, 1.807) is 4.68 Å². The van der Waals surface area contributed by atoms with Crippen LogP contribution in [-0.4, -0.2) is 14.9 Å². The van der Waals surface area contributed by atoms with E-state index < -0.39 is 0 Å². The number of hydrogen-bond donors (Lipinski definition) is 1. The van der Waals surface area contributed by atoms with Gasteiger partial charge in [-0.25, -0.2) is 0 Å². The molecule has 0 amide bonds. The zero-order chi connectivity index (χ0) is 11.5. The number of aliphatic hydroxyl groups is 1. The second-order valence-corrected chi connectivity index (χ2v) is 4.63. The topological polar surface area (TPSA) is 38.0 Å². The molecule has 0 saturated carbocycles. The van der Waals surface area contributed by atoms with Gasteiger partial charge in [0.1, 0.15) is 0 Å². The van der Waals surface area contributed by atoms with E-state index in [9.17, 15) is 0 Å². The Morgan fingerprint density at radius 1 is 1.38 bits per heavy atom. The van der Waals surface area contributed by atoms with Crippen molar-refractivity contribution in [3.63, 3.8) is 0 Å². The molecule has 2 rings (SSSR count). The smallest absolute Gasteiger partial charge is 0.0849 e. The van der Waals surface area contributed by atoms with E-state index in [2.05, 4.69) is 33.2 Å². The Balaban J connectivity index is 2.20. The zero-order valence-electron chi connectivity index (χ0n) is 9.02. The van der Waals surface area contributed by atoms with Crippen molar-refractivity contribution >= 4 is 15.9 Å². The van der Waals surface area contributed by atoms with Crippen molar-refractivity contribution in [2.24, 2.45) is 7.05 Å². The summed E-state index contributed by atoms with van der Waals surface area (Å²) in [6.07, 6.45) is 0.785. The Bertz CT molecular complexity index is 494. The molecule has 84 valence electrons. The highest BCUT2D eigenvalue weighted by atomic mass is 79.9. The maximum atomic E-state index is 9.07. The third-order valence-corrected chi connectivity index (χ3v) is 2.96. The first-order valence-electron chi connectivity index (χ1n) is 5.06. The van der Waals surface area contributed by atoms with E-state index in [0.29, 0.717) is 0 Å². The van der Waals surface area contributed by atoms with Gasteiger partial charge in [0, 0.05) is 17.9 Å². The van der Waals surface area contributed by atoms with Crippen LogP contribution in [0.5, 0.6) is 0 Å². The Kier molecular flexibility index (Phi) is 3.41. The molecule has 3 nitrogen and oxygen atoms in total. The minimum Gasteiger partial charge on any atom is -0.390 e. The van der Waals surface area contributed by atoms with Gasteiger partial charge in [0.05, 0.1) is 18.0 Å². The first-order chi connectivity index (χ1) is 7.69. The Morgan fingerprint density at radius 2 is 2.19 bits per heavy atom. The Morgan fingerprint density at radius 3 is 2.81 bits per heavy atom.